The lowest BCUT2D eigenvalue weighted by Crippen LogP contribution is -2.40. The van der Waals surface area contributed by atoms with Gasteiger partial charge in [-0.15, -0.1) is 0 Å². The normalized spacial score (nSPS) is 18.4. The van der Waals surface area contributed by atoms with Gasteiger partial charge < -0.3 is 15.8 Å². The molecule has 3 N–H and O–H groups in total. The van der Waals surface area contributed by atoms with E-state index in [1.54, 1.807) is 6.20 Å². The molecular formula is C15H19N3O. The molecule has 0 saturated carbocycles. The summed E-state index contributed by atoms with van der Waals surface area (Å²) in [6.45, 7) is 3.87. The fraction of sp³-hybridized carbons (Fsp3) is 0.400. The molecule has 1 aliphatic heterocycles. The van der Waals surface area contributed by atoms with Crippen molar-refractivity contribution in [2.24, 2.45) is 0 Å². The van der Waals surface area contributed by atoms with Crippen LogP contribution in [0.3, 0.4) is 0 Å². The Morgan fingerprint density at radius 1 is 1.26 bits per heavy atom. The highest BCUT2D eigenvalue weighted by atomic mass is 16.5. The number of nitrogens with two attached hydrogens (primary N) is 1. The molecule has 0 bridgehead atoms. The van der Waals surface area contributed by atoms with Crippen LogP contribution in [0, 0.1) is 0 Å². The van der Waals surface area contributed by atoms with E-state index in [9.17, 15) is 0 Å². The van der Waals surface area contributed by atoms with Crippen LogP contribution in [0.2, 0.25) is 0 Å². The topological polar surface area (TPSA) is 60.2 Å². The highest BCUT2D eigenvalue weighted by Crippen LogP contribution is 2.31. The van der Waals surface area contributed by atoms with Crippen molar-refractivity contribution in [2.75, 3.05) is 24.3 Å². The number of fused-ring (bicyclic) bond motifs is 1. The molecule has 0 amide bonds. The van der Waals surface area contributed by atoms with Crippen LogP contribution in [0.1, 0.15) is 19.8 Å². The largest absolute Gasteiger partial charge is 0.397 e. The quantitative estimate of drug-likeness (QED) is 0.812. The van der Waals surface area contributed by atoms with Gasteiger partial charge in [0.25, 0.3) is 0 Å². The van der Waals surface area contributed by atoms with E-state index in [4.69, 9.17) is 10.5 Å². The molecule has 1 saturated heterocycles. The monoisotopic (exact) mass is 257 g/mol. The number of pyridine rings is 1. The Hall–Kier alpha value is -1.81. The van der Waals surface area contributed by atoms with Gasteiger partial charge in [-0.05, 0) is 44.0 Å². The number of ether oxygens (including phenoxy) is 1. The van der Waals surface area contributed by atoms with E-state index in [1.165, 1.54) is 0 Å². The maximum Gasteiger partial charge on any atom is 0.0951 e. The molecule has 4 heteroatoms. The molecule has 1 fully saturated rings. The average molecular weight is 257 g/mol. The molecule has 1 aromatic heterocycles. The molecule has 1 aromatic carbocycles. The fourth-order valence-corrected chi connectivity index (χ4v) is 2.58. The highest BCUT2D eigenvalue weighted by molar-refractivity contribution is 5.98. The van der Waals surface area contributed by atoms with E-state index >= 15 is 0 Å². The first-order chi connectivity index (χ1) is 9.18. The van der Waals surface area contributed by atoms with E-state index in [2.05, 4.69) is 23.3 Å². The summed E-state index contributed by atoms with van der Waals surface area (Å²) in [4.78, 5) is 4.37. The highest BCUT2D eigenvalue weighted by Gasteiger charge is 2.27. The van der Waals surface area contributed by atoms with Crippen LogP contribution >= 0.6 is 0 Å². The van der Waals surface area contributed by atoms with Crippen LogP contribution < -0.4 is 11.1 Å². The zero-order valence-corrected chi connectivity index (χ0v) is 11.1. The van der Waals surface area contributed by atoms with Crippen molar-refractivity contribution in [3.8, 4) is 0 Å². The molecule has 2 aromatic rings. The minimum Gasteiger partial charge on any atom is -0.397 e. The molecule has 0 spiro atoms. The number of hydrogen-bond donors (Lipinski definition) is 2. The molecule has 100 valence electrons. The number of nitrogens with zero attached hydrogens (tertiary/aromatic N) is 1. The Bertz CT molecular complexity index is 591. The van der Waals surface area contributed by atoms with Crippen molar-refractivity contribution in [3.63, 3.8) is 0 Å². The Balaban J connectivity index is 1.99. The fourth-order valence-electron chi connectivity index (χ4n) is 2.58. The molecule has 0 unspecified atom stereocenters. The van der Waals surface area contributed by atoms with Gasteiger partial charge >= 0.3 is 0 Å². The van der Waals surface area contributed by atoms with Crippen molar-refractivity contribution in [3.05, 3.63) is 30.5 Å². The molecule has 1 aliphatic rings. The summed E-state index contributed by atoms with van der Waals surface area (Å²) in [5, 5.41) is 4.73. The summed E-state index contributed by atoms with van der Waals surface area (Å²) in [5.41, 5.74) is 8.74. The Morgan fingerprint density at radius 3 is 2.84 bits per heavy atom. The third-order valence-electron chi connectivity index (χ3n) is 3.83. The van der Waals surface area contributed by atoms with Crippen molar-refractivity contribution in [1.29, 1.82) is 0 Å². The van der Waals surface area contributed by atoms with Crippen molar-refractivity contribution < 1.29 is 4.74 Å². The number of anilines is 2. The first kappa shape index (κ1) is 12.2. The van der Waals surface area contributed by atoms with Gasteiger partial charge in [-0.1, -0.05) is 0 Å². The van der Waals surface area contributed by atoms with E-state index in [-0.39, 0.29) is 5.54 Å². The predicted octanol–water partition coefficient (Wildman–Crippen LogP) is 2.80. The number of aromatic nitrogens is 1. The van der Waals surface area contributed by atoms with Gasteiger partial charge in [0.05, 0.1) is 11.2 Å². The molecule has 2 heterocycles. The van der Waals surface area contributed by atoms with Gasteiger partial charge in [0.2, 0.25) is 0 Å². The first-order valence-corrected chi connectivity index (χ1v) is 6.67. The molecule has 0 aliphatic carbocycles. The molecule has 3 rings (SSSR count). The second-order valence-corrected chi connectivity index (χ2v) is 5.40. The van der Waals surface area contributed by atoms with Crippen molar-refractivity contribution in [1.82, 2.24) is 4.98 Å². The Kier molecular flexibility index (Phi) is 3.03. The molecule has 19 heavy (non-hydrogen) atoms. The Labute approximate surface area is 113 Å². The number of hydrogen-bond acceptors (Lipinski definition) is 4. The Morgan fingerprint density at radius 2 is 2.05 bits per heavy atom. The van der Waals surface area contributed by atoms with Gasteiger partial charge in [-0.2, -0.15) is 0 Å². The number of benzene rings is 1. The summed E-state index contributed by atoms with van der Waals surface area (Å²) in [5.74, 6) is 0. The zero-order valence-electron chi connectivity index (χ0n) is 11.1. The standard InChI is InChI=1S/C15H19N3O/c1-15(6-9-19-10-7-15)18-13-5-4-12(16)14-11(13)3-2-8-17-14/h2-5,8,18H,6-7,9-10,16H2,1H3. The second kappa shape index (κ2) is 4.70. The molecule has 0 atom stereocenters. The van der Waals surface area contributed by atoms with Gasteiger partial charge in [0.1, 0.15) is 0 Å². The minimum atomic E-state index is 0.0805. The lowest BCUT2D eigenvalue weighted by atomic mass is 9.92. The summed E-state index contributed by atoms with van der Waals surface area (Å²) in [6.07, 6.45) is 3.80. The van der Waals surface area contributed by atoms with Crippen LogP contribution in [0.15, 0.2) is 30.5 Å². The molecule has 4 nitrogen and oxygen atoms in total. The van der Waals surface area contributed by atoms with Gasteiger partial charge in [0, 0.05) is 36.0 Å². The van der Waals surface area contributed by atoms with Crippen molar-refractivity contribution in [2.45, 2.75) is 25.3 Å². The van der Waals surface area contributed by atoms with E-state index in [0.29, 0.717) is 0 Å². The summed E-state index contributed by atoms with van der Waals surface area (Å²) < 4.78 is 5.44. The third-order valence-corrected chi connectivity index (χ3v) is 3.83. The summed E-state index contributed by atoms with van der Waals surface area (Å²) >= 11 is 0. The van der Waals surface area contributed by atoms with Gasteiger partial charge in [-0.25, -0.2) is 0 Å². The van der Waals surface area contributed by atoms with Crippen LogP contribution in [-0.2, 0) is 4.74 Å². The van der Waals surface area contributed by atoms with Gasteiger partial charge in [0.15, 0.2) is 0 Å². The van der Waals surface area contributed by atoms with Crippen LogP contribution in [0.4, 0.5) is 11.4 Å². The average Bonchev–Trinajstić information content (AvgIpc) is 2.43. The zero-order chi connectivity index (χ0) is 13.3. The smallest absolute Gasteiger partial charge is 0.0951 e. The third kappa shape index (κ3) is 2.36. The van der Waals surface area contributed by atoms with E-state index in [1.807, 2.05) is 18.2 Å². The van der Waals surface area contributed by atoms with Crippen LogP contribution in [0.25, 0.3) is 10.9 Å². The number of nitrogens with one attached hydrogen (secondary N) is 1. The first-order valence-electron chi connectivity index (χ1n) is 6.67. The number of nitrogen functional groups attached to an aromatic ring is 1. The maximum atomic E-state index is 5.98. The molecular weight excluding hydrogens is 238 g/mol. The summed E-state index contributed by atoms with van der Waals surface area (Å²) in [6, 6.07) is 7.96. The molecule has 0 radical (unpaired) electrons. The SMILES string of the molecule is CC1(Nc2ccc(N)c3ncccc23)CCOCC1. The van der Waals surface area contributed by atoms with Crippen LogP contribution in [-0.4, -0.2) is 23.7 Å². The lowest BCUT2D eigenvalue weighted by molar-refractivity contribution is 0.0658. The van der Waals surface area contributed by atoms with Gasteiger partial charge in [-0.3, -0.25) is 4.98 Å². The summed E-state index contributed by atoms with van der Waals surface area (Å²) in [7, 11) is 0. The second-order valence-electron chi connectivity index (χ2n) is 5.40. The maximum absolute atomic E-state index is 5.98. The van der Waals surface area contributed by atoms with E-state index < -0.39 is 0 Å². The minimum absolute atomic E-state index is 0.0805. The van der Waals surface area contributed by atoms with Crippen molar-refractivity contribution >= 4 is 22.3 Å². The number of rotatable bonds is 2. The lowest BCUT2D eigenvalue weighted by Gasteiger charge is -2.35. The van der Waals surface area contributed by atoms with Crippen LogP contribution in [0.5, 0.6) is 0 Å². The van der Waals surface area contributed by atoms with E-state index in [0.717, 1.165) is 48.3 Å². The predicted molar refractivity (Wildman–Crippen MR) is 78.2 cm³/mol.